The molecule has 0 saturated heterocycles. The third-order valence-corrected chi connectivity index (χ3v) is 2.45. The number of allylic oxidation sites excluding steroid dienone is 1. The molecule has 0 amide bonds. The van der Waals surface area contributed by atoms with Gasteiger partial charge in [-0.3, -0.25) is 0 Å². The van der Waals surface area contributed by atoms with E-state index in [-0.39, 0.29) is 6.61 Å². The largest absolute Gasteiger partial charge is 0.508 e. The van der Waals surface area contributed by atoms with Crippen LogP contribution >= 0.6 is 0 Å². The van der Waals surface area contributed by atoms with Crippen LogP contribution in [0.1, 0.15) is 18.9 Å². The van der Waals surface area contributed by atoms with Gasteiger partial charge < -0.3 is 9.47 Å². The Bertz CT molecular complexity index is 368. The average Bonchev–Trinajstić information content (AvgIpc) is 2.37. The highest BCUT2D eigenvalue weighted by Crippen LogP contribution is 2.08. The van der Waals surface area contributed by atoms with E-state index >= 15 is 0 Å². The standard InChI is InChI=1S/C14H18O3/c1-12(10-11-17-14(15)16-2)8-9-13-6-4-3-5-7-13/h3-7,10H,8-9,11H2,1-2H3/b12-10-. The van der Waals surface area contributed by atoms with Crippen molar-refractivity contribution < 1.29 is 14.3 Å². The lowest BCUT2D eigenvalue weighted by atomic mass is 10.1. The Labute approximate surface area is 102 Å². The van der Waals surface area contributed by atoms with Crippen LogP contribution in [-0.2, 0) is 15.9 Å². The van der Waals surface area contributed by atoms with Crippen LogP contribution in [0.2, 0.25) is 0 Å². The normalized spacial score (nSPS) is 11.1. The molecule has 0 aromatic heterocycles. The highest BCUT2D eigenvalue weighted by molar-refractivity contribution is 5.59. The summed E-state index contributed by atoms with van der Waals surface area (Å²) in [5, 5.41) is 0. The molecule has 0 spiro atoms. The van der Waals surface area contributed by atoms with Crippen molar-refractivity contribution in [3.05, 3.63) is 47.5 Å². The molecule has 0 bridgehead atoms. The molecule has 0 radical (unpaired) electrons. The lowest BCUT2D eigenvalue weighted by Crippen LogP contribution is -2.04. The van der Waals surface area contributed by atoms with Gasteiger partial charge in [0.25, 0.3) is 0 Å². The highest BCUT2D eigenvalue weighted by atomic mass is 16.7. The Kier molecular flexibility index (Phi) is 5.86. The van der Waals surface area contributed by atoms with E-state index in [1.54, 1.807) is 0 Å². The van der Waals surface area contributed by atoms with Gasteiger partial charge in [-0.25, -0.2) is 4.79 Å². The fraction of sp³-hybridized carbons (Fsp3) is 0.357. The van der Waals surface area contributed by atoms with Crippen LogP contribution < -0.4 is 0 Å². The molecule has 3 nitrogen and oxygen atoms in total. The number of carbonyl (C=O) groups is 1. The minimum Gasteiger partial charge on any atom is -0.438 e. The number of carbonyl (C=O) groups excluding carboxylic acids is 1. The Balaban J connectivity index is 2.27. The van der Waals surface area contributed by atoms with Crippen LogP contribution in [0.3, 0.4) is 0 Å². The summed E-state index contributed by atoms with van der Waals surface area (Å²) >= 11 is 0. The van der Waals surface area contributed by atoms with Gasteiger partial charge in [0.1, 0.15) is 6.61 Å². The minimum atomic E-state index is -0.642. The Morgan fingerprint density at radius 3 is 2.65 bits per heavy atom. The van der Waals surface area contributed by atoms with Gasteiger partial charge in [0.2, 0.25) is 0 Å². The van der Waals surface area contributed by atoms with Crippen molar-refractivity contribution >= 4 is 6.16 Å². The summed E-state index contributed by atoms with van der Waals surface area (Å²) in [5.74, 6) is 0. The zero-order valence-corrected chi connectivity index (χ0v) is 10.3. The van der Waals surface area contributed by atoms with Gasteiger partial charge in [-0.1, -0.05) is 35.9 Å². The van der Waals surface area contributed by atoms with Gasteiger partial charge in [0, 0.05) is 0 Å². The zero-order valence-electron chi connectivity index (χ0n) is 10.3. The molecule has 92 valence electrons. The molecule has 3 heteroatoms. The molecule has 0 heterocycles. The Hall–Kier alpha value is -1.77. The predicted molar refractivity (Wildman–Crippen MR) is 66.9 cm³/mol. The lowest BCUT2D eigenvalue weighted by molar-refractivity contribution is 0.0816. The van der Waals surface area contributed by atoms with Crippen molar-refractivity contribution in [1.29, 1.82) is 0 Å². The van der Waals surface area contributed by atoms with E-state index in [2.05, 4.69) is 16.9 Å². The molecule has 1 rings (SSSR count). The Morgan fingerprint density at radius 1 is 1.29 bits per heavy atom. The van der Waals surface area contributed by atoms with Gasteiger partial charge >= 0.3 is 6.16 Å². The summed E-state index contributed by atoms with van der Waals surface area (Å²) in [6, 6.07) is 10.3. The zero-order chi connectivity index (χ0) is 12.5. The van der Waals surface area contributed by atoms with E-state index in [0.717, 1.165) is 12.8 Å². The molecule has 0 aliphatic carbocycles. The number of methoxy groups -OCH3 is 1. The highest BCUT2D eigenvalue weighted by Gasteiger charge is 1.98. The number of rotatable bonds is 5. The molecule has 1 aromatic rings. The molecule has 0 saturated carbocycles. The van der Waals surface area contributed by atoms with Gasteiger partial charge in [0.05, 0.1) is 7.11 Å². The minimum absolute atomic E-state index is 0.271. The van der Waals surface area contributed by atoms with Crippen molar-refractivity contribution in [3.63, 3.8) is 0 Å². The van der Waals surface area contributed by atoms with Crippen molar-refractivity contribution in [2.45, 2.75) is 19.8 Å². The maximum absolute atomic E-state index is 10.7. The topological polar surface area (TPSA) is 35.5 Å². The molecular formula is C14H18O3. The predicted octanol–water partition coefficient (Wildman–Crippen LogP) is 3.35. The first-order valence-electron chi connectivity index (χ1n) is 5.62. The molecule has 0 unspecified atom stereocenters. The van der Waals surface area contributed by atoms with Crippen LogP contribution in [0, 0.1) is 0 Å². The van der Waals surface area contributed by atoms with Crippen molar-refractivity contribution in [3.8, 4) is 0 Å². The summed E-state index contributed by atoms with van der Waals surface area (Å²) in [6.07, 6.45) is 3.23. The summed E-state index contributed by atoms with van der Waals surface area (Å²) < 4.78 is 9.15. The van der Waals surface area contributed by atoms with E-state index in [0.29, 0.717) is 0 Å². The molecule has 0 N–H and O–H groups in total. The van der Waals surface area contributed by atoms with E-state index < -0.39 is 6.16 Å². The first-order chi connectivity index (χ1) is 8.22. The molecule has 0 atom stereocenters. The van der Waals surface area contributed by atoms with Crippen molar-refractivity contribution in [2.75, 3.05) is 13.7 Å². The number of benzene rings is 1. The third kappa shape index (κ3) is 5.76. The van der Waals surface area contributed by atoms with E-state index in [1.165, 1.54) is 18.2 Å². The number of hydrogen-bond acceptors (Lipinski definition) is 3. The maximum Gasteiger partial charge on any atom is 0.508 e. The molecule has 0 fully saturated rings. The monoisotopic (exact) mass is 234 g/mol. The number of ether oxygens (including phenoxy) is 2. The smallest absolute Gasteiger partial charge is 0.438 e. The fourth-order valence-electron chi connectivity index (χ4n) is 1.40. The van der Waals surface area contributed by atoms with Crippen LogP contribution in [0.15, 0.2) is 42.0 Å². The molecule has 0 aliphatic heterocycles. The second kappa shape index (κ2) is 7.49. The average molecular weight is 234 g/mol. The van der Waals surface area contributed by atoms with Crippen LogP contribution in [0.25, 0.3) is 0 Å². The number of aryl methyl sites for hydroxylation is 1. The van der Waals surface area contributed by atoms with Gasteiger partial charge in [-0.2, -0.15) is 0 Å². The van der Waals surface area contributed by atoms with Crippen molar-refractivity contribution in [1.82, 2.24) is 0 Å². The van der Waals surface area contributed by atoms with E-state index in [9.17, 15) is 4.79 Å². The van der Waals surface area contributed by atoms with Crippen LogP contribution in [0.5, 0.6) is 0 Å². The molecule has 17 heavy (non-hydrogen) atoms. The SMILES string of the molecule is COC(=O)OC/C=C(/C)CCc1ccccc1. The first kappa shape index (κ1) is 13.3. The summed E-state index contributed by atoms with van der Waals surface area (Å²) in [5.41, 5.74) is 2.52. The third-order valence-electron chi connectivity index (χ3n) is 2.45. The van der Waals surface area contributed by atoms with Crippen LogP contribution in [0.4, 0.5) is 4.79 Å². The first-order valence-corrected chi connectivity index (χ1v) is 5.62. The van der Waals surface area contributed by atoms with Gasteiger partial charge in [-0.15, -0.1) is 0 Å². The van der Waals surface area contributed by atoms with Crippen LogP contribution in [-0.4, -0.2) is 19.9 Å². The molecule has 1 aromatic carbocycles. The van der Waals surface area contributed by atoms with Gasteiger partial charge in [-0.05, 0) is 31.4 Å². The van der Waals surface area contributed by atoms with E-state index in [4.69, 9.17) is 4.74 Å². The molecule has 0 aliphatic rings. The second-order valence-electron chi connectivity index (χ2n) is 3.80. The summed E-state index contributed by atoms with van der Waals surface area (Å²) in [4.78, 5) is 10.7. The van der Waals surface area contributed by atoms with E-state index in [1.807, 2.05) is 31.2 Å². The van der Waals surface area contributed by atoms with Gasteiger partial charge in [0.15, 0.2) is 0 Å². The quantitative estimate of drug-likeness (QED) is 0.579. The summed E-state index contributed by atoms with van der Waals surface area (Å²) in [6.45, 7) is 2.30. The summed E-state index contributed by atoms with van der Waals surface area (Å²) in [7, 11) is 1.30. The number of hydrogen-bond donors (Lipinski definition) is 0. The second-order valence-corrected chi connectivity index (χ2v) is 3.80. The maximum atomic E-state index is 10.7. The Morgan fingerprint density at radius 2 is 2.00 bits per heavy atom. The fourth-order valence-corrected chi connectivity index (χ4v) is 1.40. The molecular weight excluding hydrogens is 216 g/mol. The lowest BCUT2D eigenvalue weighted by Gasteiger charge is -2.03. The van der Waals surface area contributed by atoms with Crippen molar-refractivity contribution in [2.24, 2.45) is 0 Å².